The van der Waals surface area contributed by atoms with Crippen molar-refractivity contribution in [3.8, 4) is 22.3 Å². The van der Waals surface area contributed by atoms with E-state index < -0.39 is 0 Å². The van der Waals surface area contributed by atoms with Crippen molar-refractivity contribution in [2.75, 3.05) is 4.90 Å². The molecule has 0 atom stereocenters. The Hall–Kier alpha value is -7.04. The Morgan fingerprint density at radius 1 is 0.308 bits per heavy atom. The fourth-order valence-corrected chi connectivity index (χ4v) is 7.85. The van der Waals surface area contributed by atoms with E-state index in [1.807, 2.05) is 36.4 Å². The maximum absolute atomic E-state index is 6.44. The maximum Gasteiger partial charge on any atom is 0.143 e. The molecule has 0 amide bonds. The van der Waals surface area contributed by atoms with E-state index in [0.717, 1.165) is 105 Å². The summed E-state index contributed by atoms with van der Waals surface area (Å²) < 4.78 is 19.0. The van der Waals surface area contributed by atoms with Crippen molar-refractivity contribution in [3.63, 3.8) is 0 Å². The summed E-state index contributed by atoms with van der Waals surface area (Å²) in [5.41, 5.74) is 12.9. The third kappa shape index (κ3) is 4.41. The summed E-state index contributed by atoms with van der Waals surface area (Å²) >= 11 is 0. The Balaban J connectivity index is 0.959. The van der Waals surface area contributed by atoms with Crippen molar-refractivity contribution in [2.45, 2.75) is 0 Å². The largest absolute Gasteiger partial charge is 0.456 e. The van der Waals surface area contributed by atoms with Crippen LogP contribution in [-0.2, 0) is 0 Å². The van der Waals surface area contributed by atoms with Crippen molar-refractivity contribution in [3.05, 3.63) is 176 Å². The lowest BCUT2D eigenvalue weighted by Crippen LogP contribution is -2.09. The summed E-state index contributed by atoms with van der Waals surface area (Å²) in [5, 5.41) is 6.65. The lowest BCUT2D eigenvalue weighted by molar-refractivity contribution is 0.663. The number of anilines is 3. The summed E-state index contributed by atoms with van der Waals surface area (Å²) in [6.45, 7) is 0. The van der Waals surface area contributed by atoms with Gasteiger partial charge in [-0.15, -0.1) is 0 Å². The molecule has 0 radical (unpaired) electrons. The van der Waals surface area contributed by atoms with E-state index in [1.54, 1.807) is 0 Å². The van der Waals surface area contributed by atoms with Gasteiger partial charge in [0.25, 0.3) is 0 Å². The van der Waals surface area contributed by atoms with E-state index >= 15 is 0 Å². The average molecular weight is 668 g/mol. The molecule has 52 heavy (non-hydrogen) atoms. The highest BCUT2D eigenvalue weighted by Crippen LogP contribution is 2.42. The molecule has 0 fully saturated rings. The molecule has 0 unspecified atom stereocenters. The maximum atomic E-state index is 6.44. The first-order valence-electron chi connectivity index (χ1n) is 17.5. The summed E-state index contributed by atoms with van der Waals surface area (Å²) in [6, 6.07) is 61.3. The van der Waals surface area contributed by atoms with Crippen LogP contribution in [0, 0.1) is 0 Å². The SMILES string of the molecule is c1ccc(N(c2ccc(-c3ccc4c(c3)oc3ccc5oc6ccccc6c5c34)cc2)c2ccc(-c3cccc4c3oc3ccccc34)cc2)cc1. The van der Waals surface area contributed by atoms with Crippen LogP contribution in [0.5, 0.6) is 0 Å². The van der Waals surface area contributed by atoms with Crippen molar-refractivity contribution < 1.29 is 13.3 Å². The molecule has 3 heterocycles. The van der Waals surface area contributed by atoms with Crippen molar-refractivity contribution in [2.24, 2.45) is 0 Å². The Kier molecular flexibility index (Phi) is 6.22. The van der Waals surface area contributed by atoms with Crippen LogP contribution >= 0.6 is 0 Å². The zero-order chi connectivity index (χ0) is 34.2. The van der Waals surface area contributed by atoms with E-state index in [1.165, 1.54) is 0 Å². The Morgan fingerprint density at radius 2 is 0.846 bits per heavy atom. The molecule has 0 aliphatic rings. The van der Waals surface area contributed by atoms with Gasteiger partial charge in [0.15, 0.2) is 0 Å². The molecule has 0 saturated carbocycles. The topological polar surface area (TPSA) is 42.7 Å². The number of para-hydroxylation sites is 4. The highest BCUT2D eigenvalue weighted by Gasteiger charge is 2.18. The molecule has 0 saturated heterocycles. The summed E-state index contributed by atoms with van der Waals surface area (Å²) in [4.78, 5) is 2.29. The molecule has 8 aromatic carbocycles. The van der Waals surface area contributed by atoms with Crippen LogP contribution in [-0.4, -0.2) is 0 Å². The minimum absolute atomic E-state index is 0.860. The fraction of sp³-hybridized carbons (Fsp3) is 0. The second kappa shape index (κ2) is 11.2. The van der Waals surface area contributed by atoms with Crippen LogP contribution in [0.2, 0.25) is 0 Å². The third-order valence-corrected chi connectivity index (χ3v) is 10.3. The zero-order valence-corrected chi connectivity index (χ0v) is 27.9. The lowest BCUT2D eigenvalue weighted by Gasteiger charge is -2.26. The molecule has 3 aromatic heterocycles. The number of fused-ring (bicyclic) bond motifs is 10. The van der Waals surface area contributed by atoms with Crippen LogP contribution in [0.4, 0.5) is 17.1 Å². The standard InChI is InChI=1S/C48H29NO3/c1-2-9-33(10-3-1)49(35-24-19-31(20-25-35)36-13-8-14-38-37-11-4-6-15-41(37)52-48(36)38)34-22-17-30(18-23-34)32-21-26-40-45(29-32)51-44-28-27-43-46(47(40)44)39-12-5-7-16-42(39)50-43/h1-29H. The summed E-state index contributed by atoms with van der Waals surface area (Å²) in [7, 11) is 0. The van der Waals surface area contributed by atoms with Crippen molar-refractivity contribution in [1.82, 2.24) is 0 Å². The van der Waals surface area contributed by atoms with Gasteiger partial charge in [-0.2, -0.15) is 0 Å². The third-order valence-electron chi connectivity index (χ3n) is 10.3. The first kappa shape index (κ1) is 28.8. The quantitative estimate of drug-likeness (QED) is 0.183. The van der Waals surface area contributed by atoms with Gasteiger partial charge >= 0.3 is 0 Å². The zero-order valence-electron chi connectivity index (χ0n) is 27.9. The van der Waals surface area contributed by atoms with Crippen LogP contribution in [0.25, 0.3) is 88.1 Å². The number of nitrogens with zero attached hydrogens (tertiary/aromatic N) is 1. The summed E-state index contributed by atoms with van der Waals surface area (Å²) in [6.07, 6.45) is 0. The second-order valence-corrected chi connectivity index (χ2v) is 13.3. The predicted octanol–water partition coefficient (Wildman–Crippen LogP) is 14.2. The van der Waals surface area contributed by atoms with E-state index in [-0.39, 0.29) is 0 Å². The van der Waals surface area contributed by atoms with Crippen LogP contribution in [0.3, 0.4) is 0 Å². The molecular formula is C48H29NO3. The Morgan fingerprint density at radius 3 is 1.58 bits per heavy atom. The smallest absolute Gasteiger partial charge is 0.143 e. The Bertz CT molecular complexity index is 3110. The number of rotatable bonds is 5. The molecule has 11 aromatic rings. The van der Waals surface area contributed by atoms with E-state index in [4.69, 9.17) is 13.3 Å². The fourth-order valence-electron chi connectivity index (χ4n) is 7.85. The monoisotopic (exact) mass is 667 g/mol. The van der Waals surface area contributed by atoms with E-state index in [9.17, 15) is 0 Å². The number of hydrogen-bond acceptors (Lipinski definition) is 4. The molecule has 0 N–H and O–H groups in total. The molecular weight excluding hydrogens is 639 g/mol. The van der Waals surface area contributed by atoms with Gasteiger partial charge in [-0.25, -0.2) is 0 Å². The lowest BCUT2D eigenvalue weighted by atomic mass is 10.0. The van der Waals surface area contributed by atoms with Crippen LogP contribution in [0.1, 0.15) is 0 Å². The molecule has 244 valence electrons. The first-order chi connectivity index (χ1) is 25.8. The average Bonchev–Trinajstić information content (AvgIpc) is 3.90. The normalized spacial score (nSPS) is 11.8. The molecule has 0 bridgehead atoms. The second-order valence-electron chi connectivity index (χ2n) is 13.3. The molecule has 4 nitrogen and oxygen atoms in total. The van der Waals surface area contributed by atoms with Gasteiger partial charge < -0.3 is 18.2 Å². The van der Waals surface area contributed by atoms with Gasteiger partial charge in [0.05, 0.1) is 0 Å². The predicted molar refractivity (Wildman–Crippen MR) is 214 cm³/mol. The molecule has 11 rings (SSSR count). The van der Waals surface area contributed by atoms with Crippen molar-refractivity contribution in [1.29, 1.82) is 0 Å². The Labute approximate surface area is 298 Å². The van der Waals surface area contributed by atoms with Crippen molar-refractivity contribution >= 4 is 82.9 Å². The van der Waals surface area contributed by atoms with Gasteiger partial charge in [0.2, 0.25) is 0 Å². The highest BCUT2D eigenvalue weighted by atomic mass is 16.3. The minimum Gasteiger partial charge on any atom is -0.456 e. The summed E-state index contributed by atoms with van der Waals surface area (Å²) in [5.74, 6) is 0. The molecule has 4 heteroatoms. The molecule has 0 aliphatic heterocycles. The van der Waals surface area contributed by atoms with Crippen LogP contribution in [0.15, 0.2) is 189 Å². The van der Waals surface area contributed by atoms with Gasteiger partial charge in [0.1, 0.15) is 33.5 Å². The van der Waals surface area contributed by atoms with Gasteiger partial charge in [0, 0.05) is 54.9 Å². The highest BCUT2D eigenvalue weighted by molar-refractivity contribution is 6.25. The van der Waals surface area contributed by atoms with Gasteiger partial charge in [-0.1, -0.05) is 103 Å². The number of benzene rings is 8. The minimum atomic E-state index is 0.860. The van der Waals surface area contributed by atoms with E-state index in [2.05, 4.69) is 144 Å². The van der Waals surface area contributed by atoms with Gasteiger partial charge in [-0.05, 0) is 89.5 Å². The van der Waals surface area contributed by atoms with E-state index in [0.29, 0.717) is 0 Å². The molecule has 0 spiro atoms. The number of hydrogen-bond donors (Lipinski definition) is 0. The first-order valence-corrected chi connectivity index (χ1v) is 17.5. The van der Waals surface area contributed by atoms with Crippen LogP contribution < -0.4 is 4.90 Å². The number of furan rings is 3. The van der Waals surface area contributed by atoms with Gasteiger partial charge in [-0.3, -0.25) is 0 Å². The molecule has 0 aliphatic carbocycles.